The molecule has 0 fully saturated rings. The molecule has 0 saturated heterocycles. The highest BCUT2D eigenvalue weighted by Crippen LogP contribution is 2.14. The Hall–Kier alpha value is -0.160. The van der Waals surface area contributed by atoms with Crippen molar-refractivity contribution in [1.29, 1.82) is 0 Å². The zero-order chi connectivity index (χ0) is 5.98. The number of thioether (sulfide) groups is 1. The normalized spacial score (nSPS) is 9.75. The summed E-state index contributed by atoms with van der Waals surface area (Å²) in [6, 6.07) is 0. The van der Waals surface area contributed by atoms with Gasteiger partial charge < -0.3 is 0 Å². The molecule has 1 aromatic rings. The maximum Gasteiger partial charge on any atom is 0.321 e. The molecule has 0 aromatic carbocycles. The zero-order valence-corrected chi connectivity index (χ0v) is 5.72. The molecule has 2 nitrogen and oxygen atoms in total. The van der Waals surface area contributed by atoms with Crippen LogP contribution in [0.2, 0.25) is 0 Å². The second-order valence-corrected chi connectivity index (χ2v) is 2.84. The lowest BCUT2D eigenvalue weighted by Gasteiger charge is -1.75. The van der Waals surface area contributed by atoms with Crippen molar-refractivity contribution in [1.82, 2.24) is 9.36 Å². The summed E-state index contributed by atoms with van der Waals surface area (Å²) in [5.74, 6) is 0. The first-order valence-electron chi connectivity index (χ1n) is 1.86. The summed E-state index contributed by atoms with van der Waals surface area (Å²) in [6.45, 7) is 0. The van der Waals surface area contributed by atoms with Gasteiger partial charge in [0.2, 0.25) is 0 Å². The van der Waals surface area contributed by atoms with E-state index in [0.717, 1.165) is 11.5 Å². The van der Waals surface area contributed by atoms with Crippen molar-refractivity contribution in [2.75, 3.05) is 6.26 Å². The van der Waals surface area contributed by atoms with E-state index < -0.39 is 6.08 Å². The summed E-state index contributed by atoms with van der Waals surface area (Å²) in [5, 5.41) is 0. The van der Waals surface area contributed by atoms with Gasteiger partial charge in [-0.3, -0.25) is 0 Å². The molecule has 8 heavy (non-hydrogen) atoms. The average molecular weight is 150 g/mol. The van der Waals surface area contributed by atoms with E-state index in [4.69, 9.17) is 0 Å². The van der Waals surface area contributed by atoms with Crippen LogP contribution in [0.3, 0.4) is 0 Å². The maximum atomic E-state index is 11.9. The molecule has 0 N–H and O–H groups in total. The van der Waals surface area contributed by atoms with Crippen LogP contribution in [0.25, 0.3) is 0 Å². The summed E-state index contributed by atoms with van der Waals surface area (Å²) in [4.78, 5) is 3.43. The highest BCUT2D eigenvalue weighted by Gasteiger charge is 1.97. The Morgan fingerprint density at radius 2 is 2.50 bits per heavy atom. The van der Waals surface area contributed by atoms with E-state index in [1.807, 2.05) is 6.26 Å². The monoisotopic (exact) mass is 150 g/mol. The van der Waals surface area contributed by atoms with Crippen LogP contribution in [-0.4, -0.2) is 15.6 Å². The predicted molar refractivity (Wildman–Crippen MR) is 31.6 cm³/mol. The fraction of sp³-hybridized carbons (Fsp3) is 0.333. The van der Waals surface area contributed by atoms with Crippen LogP contribution in [0.15, 0.2) is 4.34 Å². The molecule has 0 bridgehead atoms. The molecule has 44 valence electrons. The number of aromatic nitrogens is 2. The lowest BCUT2D eigenvalue weighted by atomic mass is 11.3. The van der Waals surface area contributed by atoms with Crippen LogP contribution in [0.5, 0.6) is 0 Å². The second kappa shape index (κ2) is 2.41. The number of nitrogens with zero attached hydrogens (tertiary/aromatic N) is 2. The average Bonchev–Trinajstić information content (AvgIpc) is 2.14. The Morgan fingerprint density at radius 1 is 1.75 bits per heavy atom. The first kappa shape index (κ1) is 5.97. The first-order valence-corrected chi connectivity index (χ1v) is 3.86. The molecule has 1 aromatic heterocycles. The Labute approximate surface area is 54.3 Å². The van der Waals surface area contributed by atoms with Gasteiger partial charge in [-0.05, 0) is 17.8 Å². The fourth-order valence-electron chi connectivity index (χ4n) is 0.276. The summed E-state index contributed by atoms with van der Waals surface area (Å²) < 4.78 is 15.9. The van der Waals surface area contributed by atoms with Crippen molar-refractivity contribution in [3.8, 4) is 0 Å². The Morgan fingerprint density at radius 3 is 2.75 bits per heavy atom. The topological polar surface area (TPSA) is 25.8 Å². The van der Waals surface area contributed by atoms with Crippen molar-refractivity contribution in [2.45, 2.75) is 4.34 Å². The van der Waals surface area contributed by atoms with Gasteiger partial charge in [0.1, 0.15) is 0 Å². The maximum absolute atomic E-state index is 11.9. The van der Waals surface area contributed by atoms with Gasteiger partial charge in [-0.15, -0.1) is 4.37 Å². The quantitative estimate of drug-likeness (QED) is 0.566. The molecule has 5 heteroatoms. The number of rotatable bonds is 1. The smallest absolute Gasteiger partial charge is 0.182 e. The van der Waals surface area contributed by atoms with Gasteiger partial charge >= 0.3 is 6.08 Å². The summed E-state index contributed by atoms with van der Waals surface area (Å²) in [5.41, 5.74) is 0. The van der Waals surface area contributed by atoms with E-state index in [1.54, 1.807) is 0 Å². The number of hydrogen-bond donors (Lipinski definition) is 0. The Balaban J connectivity index is 2.84. The van der Waals surface area contributed by atoms with Crippen LogP contribution in [0.4, 0.5) is 4.39 Å². The van der Waals surface area contributed by atoms with E-state index >= 15 is 0 Å². The van der Waals surface area contributed by atoms with Gasteiger partial charge in [-0.25, -0.2) is 0 Å². The minimum Gasteiger partial charge on any atom is -0.182 e. The molecule has 0 spiro atoms. The van der Waals surface area contributed by atoms with Gasteiger partial charge in [-0.2, -0.15) is 9.37 Å². The third-order valence-electron chi connectivity index (χ3n) is 0.557. The molecule has 0 saturated carbocycles. The minimum absolute atomic E-state index is 0.626. The summed E-state index contributed by atoms with van der Waals surface area (Å²) >= 11 is 2.47. The lowest BCUT2D eigenvalue weighted by molar-refractivity contribution is 0.550. The SMILES string of the molecule is CSc1nc(F)ns1. The highest BCUT2D eigenvalue weighted by molar-refractivity contribution is 8.00. The third kappa shape index (κ3) is 1.16. The van der Waals surface area contributed by atoms with Gasteiger partial charge in [0.15, 0.2) is 4.34 Å². The summed E-state index contributed by atoms with van der Waals surface area (Å²) in [7, 11) is 0. The van der Waals surface area contributed by atoms with Gasteiger partial charge in [-0.1, -0.05) is 11.8 Å². The van der Waals surface area contributed by atoms with Crippen LogP contribution in [0.1, 0.15) is 0 Å². The van der Waals surface area contributed by atoms with Gasteiger partial charge in [0.25, 0.3) is 0 Å². The molecule has 0 radical (unpaired) electrons. The molecule has 0 aliphatic carbocycles. The second-order valence-electron chi connectivity index (χ2n) is 1.03. The van der Waals surface area contributed by atoms with E-state index in [1.165, 1.54) is 11.8 Å². The molecule has 1 heterocycles. The van der Waals surface area contributed by atoms with Crippen LogP contribution in [-0.2, 0) is 0 Å². The predicted octanol–water partition coefficient (Wildman–Crippen LogP) is 1.40. The molecule has 0 amide bonds. The van der Waals surface area contributed by atoms with E-state index in [2.05, 4.69) is 9.36 Å². The van der Waals surface area contributed by atoms with Gasteiger partial charge in [0, 0.05) is 0 Å². The van der Waals surface area contributed by atoms with Crippen molar-refractivity contribution in [2.24, 2.45) is 0 Å². The van der Waals surface area contributed by atoms with Crippen molar-refractivity contribution in [3.63, 3.8) is 0 Å². The van der Waals surface area contributed by atoms with Crippen LogP contribution >= 0.6 is 23.3 Å². The third-order valence-corrected chi connectivity index (χ3v) is 2.21. The van der Waals surface area contributed by atoms with Crippen LogP contribution in [0, 0.1) is 6.08 Å². The molecule has 1 rings (SSSR count). The first-order chi connectivity index (χ1) is 3.83. The van der Waals surface area contributed by atoms with Gasteiger partial charge in [0.05, 0.1) is 0 Å². The van der Waals surface area contributed by atoms with E-state index in [0.29, 0.717) is 4.34 Å². The van der Waals surface area contributed by atoms with Crippen molar-refractivity contribution in [3.05, 3.63) is 6.08 Å². The molecular weight excluding hydrogens is 147 g/mol. The Bertz CT molecular complexity index is 176. The van der Waals surface area contributed by atoms with Crippen LogP contribution < -0.4 is 0 Å². The Kier molecular flexibility index (Phi) is 1.80. The highest BCUT2D eigenvalue weighted by atomic mass is 32.2. The molecular formula is C3H3FN2S2. The summed E-state index contributed by atoms with van der Waals surface area (Å²) in [6.07, 6.45) is 1.21. The fourth-order valence-corrected chi connectivity index (χ4v) is 1.16. The minimum atomic E-state index is -0.626. The van der Waals surface area contributed by atoms with Crippen molar-refractivity contribution < 1.29 is 4.39 Å². The largest absolute Gasteiger partial charge is 0.321 e. The molecule has 0 atom stereocenters. The zero-order valence-electron chi connectivity index (χ0n) is 4.09. The van der Waals surface area contributed by atoms with E-state index in [9.17, 15) is 4.39 Å². The molecule has 0 unspecified atom stereocenters. The molecule has 0 aliphatic heterocycles. The number of halogens is 1. The van der Waals surface area contributed by atoms with Crippen molar-refractivity contribution >= 4 is 23.3 Å². The van der Waals surface area contributed by atoms with E-state index in [-0.39, 0.29) is 0 Å². The lowest BCUT2D eigenvalue weighted by Crippen LogP contribution is -1.71. The standard InChI is InChI=1S/C3H3FN2S2/c1-7-3-5-2(4)6-8-3/h1H3. The molecule has 0 aliphatic rings. The number of hydrogen-bond acceptors (Lipinski definition) is 4.